The Morgan fingerprint density at radius 2 is 0.741 bits per heavy atom. The number of aromatic nitrogens is 1. The van der Waals surface area contributed by atoms with Gasteiger partial charge in [0, 0.05) is 10.9 Å². The first-order valence-corrected chi connectivity index (χ1v) is 18.7. The van der Waals surface area contributed by atoms with Gasteiger partial charge in [0.05, 0.1) is 11.2 Å². The van der Waals surface area contributed by atoms with Crippen molar-refractivity contribution in [3.05, 3.63) is 188 Å². The SMILES string of the molecule is c1ccc(-c2cc3c4c(cccc4n2)-c2cccc(-c4ccc5c6c(cccc46)-c4c-5c(-c5ccccc5)c5ccccc5c4-c4ccccc4)c2-3)cc1. The minimum absolute atomic E-state index is 1.00. The van der Waals surface area contributed by atoms with Gasteiger partial charge in [-0.2, -0.15) is 0 Å². The second-order valence-corrected chi connectivity index (χ2v) is 14.5. The summed E-state index contributed by atoms with van der Waals surface area (Å²) < 4.78 is 0. The largest absolute Gasteiger partial charge is 0.248 e. The highest BCUT2D eigenvalue weighted by Gasteiger charge is 2.32. The summed E-state index contributed by atoms with van der Waals surface area (Å²) in [6, 6.07) is 69.0. The maximum absolute atomic E-state index is 5.19. The maximum atomic E-state index is 5.19. The zero-order valence-electron chi connectivity index (χ0n) is 29.3. The van der Waals surface area contributed by atoms with E-state index in [9.17, 15) is 0 Å². The second kappa shape index (κ2) is 11.2. The predicted molar refractivity (Wildman–Crippen MR) is 227 cm³/mol. The molecule has 2 aliphatic carbocycles. The highest BCUT2D eigenvalue weighted by Crippen LogP contribution is 2.59. The smallest absolute Gasteiger partial charge is 0.0722 e. The van der Waals surface area contributed by atoms with Crippen LogP contribution in [0.2, 0.25) is 0 Å². The summed E-state index contributed by atoms with van der Waals surface area (Å²) >= 11 is 0. The minimum atomic E-state index is 1.00. The molecule has 0 amide bonds. The lowest BCUT2D eigenvalue weighted by Gasteiger charge is -2.20. The fraction of sp³-hybridized carbons (Fsp3) is 0. The molecule has 0 spiro atoms. The van der Waals surface area contributed by atoms with Gasteiger partial charge in [-0.25, -0.2) is 4.98 Å². The molecule has 0 bridgehead atoms. The van der Waals surface area contributed by atoms with Crippen molar-refractivity contribution in [1.29, 1.82) is 0 Å². The van der Waals surface area contributed by atoms with Crippen molar-refractivity contribution < 1.29 is 0 Å². The molecule has 9 aromatic carbocycles. The standard InChI is InChI=1S/C53H31N/c1-4-15-32(16-5-1)46-31-44-49-36(23-12-25-40(49)41-26-14-28-45(54-46)51(41)44)35-29-30-43-50-37(35)24-13-27-42(50)52-47(33-17-6-2-7-18-33)38-21-10-11-22-39(38)48(53(43)52)34-19-8-3-9-20-34/h1-31H. The molecule has 0 unspecified atom stereocenters. The molecular formula is C53H31N. The fourth-order valence-electron chi connectivity index (χ4n) is 9.60. The zero-order valence-corrected chi connectivity index (χ0v) is 29.3. The fourth-order valence-corrected chi connectivity index (χ4v) is 9.60. The van der Waals surface area contributed by atoms with Gasteiger partial charge in [-0.1, -0.05) is 176 Å². The molecular weight excluding hydrogens is 651 g/mol. The van der Waals surface area contributed by atoms with Gasteiger partial charge in [0.15, 0.2) is 0 Å². The van der Waals surface area contributed by atoms with Crippen LogP contribution in [0.25, 0.3) is 122 Å². The average Bonchev–Trinajstić information content (AvgIpc) is 3.75. The molecule has 54 heavy (non-hydrogen) atoms. The Morgan fingerprint density at radius 3 is 1.41 bits per heavy atom. The van der Waals surface area contributed by atoms with E-state index >= 15 is 0 Å². The van der Waals surface area contributed by atoms with Crippen molar-refractivity contribution in [2.24, 2.45) is 0 Å². The van der Waals surface area contributed by atoms with Crippen LogP contribution in [0.3, 0.4) is 0 Å². The normalized spacial score (nSPS) is 12.1. The van der Waals surface area contributed by atoms with Gasteiger partial charge in [-0.15, -0.1) is 0 Å². The van der Waals surface area contributed by atoms with Crippen LogP contribution in [0.4, 0.5) is 0 Å². The van der Waals surface area contributed by atoms with Gasteiger partial charge in [0.2, 0.25) is 0 Å². The molecule has 0 saturated heterocycles. The summed E-state index contributed by atoms with van der Waals surface area (Å²) in [5.74, 6) is 0. The first-order chi connectivity index (χ1) is 26.8. The molecule has 0 aliphatic heterocycles. The highest BCUT2D eigenvalue weighted by molar-refractivity contribution is 6.29. The van der Waals surface area contributed by atoms with Crippen molar-refractivity contribution in [2.45, 2.75) is 0 Å². The number of rotatable bonds is 4. The molecule has 0 atom stereocenters. The molecule has 1 aromatic heterocycles. The lowest BCUT2D eigenvalue weighted by Crippen LogP contribution is -1.93. The Bertz CT molecular complexity index is 3090. The lowest BCUT2D eigenvalue weighted by molar-refractivity contribution is 1.40. The summed E-state index contributed by atoms with van der Waals surface area (Å²) in [7, 11) is 0. The summed E-state index contributed by atoms with van der Waals surface area (Å²) in [6.45, 7) is 0. The first-order valence-electron chi connectivity index (χ1n) is 18.7. The predicted octanol–water partition coefficient (Wildman–Crippen LogP) is 14.5. The zero-order chi connectivity index (χ0) is 35.3. The molecule has 1 nitrogen and oxygen atoms in total. The van der Waals surface area contributed by atoms with Gasteiger partial charge >= 0.3 is 0 Å². The van der Waals surface area contributed by atoms with E-state index in [1.807, 2.05) is 0 Å². The summed E-state index contributed by atoms with van der Waals surface area (Å²) in [5.41, 5.74) is 21.1. The molecule has 0 radical (unpaired) electrons. The number of pyridine rings is 1. The van der Waals surface area contributed by atoms with E-state index in [0.29, 0.717) is 0 Å². The van der Waals surface area contributed by atoms with E-state index in [2.05, 4.69) is 188 Å². The minimum Gasteiger partial charge on any atom is -0.248 e. The monoisotopic (exact) mass is 681 g/mol. The quantitative estimate of drug-likeness (QED) is 0.180. The third-order valence-corrected chi connectivity index (χ3v) is 11.7. The molecule has 0 N–H and O–H groups in total. The Kier molecular flexibility index (Phi) is 6.12. The Labute approximate surface area is 313 Å². The van der Waals surface area contributed by atoms with Crippen LogP contribution in [0.15, 0.2) is 188 Å². The second-order valence-electron chi connectivity index (χ2n) is 14.5. The van der Waals surface area contributed by atoms with Crippen molar-refractivity contribution in [3.63, 3.8) is 0 Å². The van der Waals surface area contributed by atoms with Crippen LogP contribution >= 0.6 is 0 Å². The molecule has 0 fully saturated rings. The summed E-state index contributed by atoms with van der Waals surface area (Å²) in [6.07, 6.45) is 0. The number of benzene rings is 9. The Balaban J connectivity index is 1.17. The van der Waals surface area contributed by atoms with Crippen LogP contribution in [-0.4, -0.2) is 4.98 Å². The topological polar surface area (TPSA) is 12.9 Å². The number of nitrogens with zero attached hydrogens (tertiary/aromatic N) is 1. The van der Waals surface area contributed by atoms with E-state index in [-0.39, 0.29) is 0 Å². The molecule has 248 valence electrons. The van der Waals surface area contributed by atoms with Crippen molar-refractivity contribution in [3.8, 4) is 89.1 Å². The van der Waals surface area contributed by atoms with Gasteiger partial charge in [0.1, 0.15) is 0 Å². The van der Waals surface area contributed by atoms with Crippen LogP contribution in [-0.2, 0) is 0 Å². The van der Waals surface area contributed by atoms with Crippen molar-refractivity contribution >= 4 is 32.4 Å². The molecule has 1 heteroatoms. The first kappa shape index (κ1) is 29.5. The molecule has 2 aliphatic rings. The number of hydrogen-bond acceptors (Lipinski definition) is 1. The number of hydrogen-bond donors (Lipinski definition) is 0. The highest BCUT2D eigenvalue weighted by atomic mass is 14.7. The van der Waals surface area contributed by atoms with Crippen molar-refractivity contribution in [1.82, 2.24) is 4.98 Å². The average molecular weight is 682 g/mol. The van der Waals surface area contributed by atoms with Crippen LogP contribution in [0, 0.1) is 0 Å². The summed E-state index contributed by atoms with van der Waals surface area (Å²) in [4.78, 5) is 5.19. The van der Waals surface area contributed by atoms with Gasteiger partial charge in [-0.3, -0.25) is 0 Å². The molecule has 12 rings (SSSR count). The van der Waals surface area contributed by atoms with Crippen molar-refractivity contribution in [2.75, 3.05) is 0 Å². The molecule has 10 aromatic rings. The van der Waals surface area contributed by atoms with Crippen LogP contribution in [0.1, 0.15) is 0 Å². The van der Waals surface area contributed by atoms with E-state index < -0.39 is 0 Å². The van der Waals surface area contributed by atoms with E-state index in [0.717, 1.165) is 16.8 Å². The number of fused-ring (bicyclic) bond motifs is 7. The van der Waals surface area contributed by atoms with E-state index in [4.69, 9.17) is 4.98 Å². The third kappa shape index (κ3) is 4.01. The summed E-state index contributed by atoms with van der Waals surface area (Å²) in [5, 5.41) is 6.40. The van der Waals surface area contributed by atoms with E-state index in [1.165, 1.54) is 105 Å². The Morgan fingerprint density at radius 1 is 0.259 bits per heavy atom. The van der Waals surface area contributed by atoms with Gasteiger partial charge in [-0.05, 0) is 112 Å². The van der Waals surface area contributed by atoms with Crippen LogP contribution in [0.5, 0.6) is 0 Å². The molecule has 0 saturated carbocycles. The van der Waals surface area contributed by atoms with Crippen LogP contribution < -0.4 is 0 Å². The third-order valence-electron chi connectivity index (χ3n) is 11.7. The molecule has 1 heterocycles. The van der Waals surface area contributed by atoms with Gasteiger partial charge < -0.3 is 0 Å². The Hall–Kier alpha value is -7.09. The maximum Gasteiger partial charge on any atom is 0.0722 e. The van der Waals surface area contributed by atoms with Gasteiger partial charge in [0.25, 0.3) is 0 Å². The van der Waals surface area contributed by atoms with E-state index in [1.54, 1.807) is 0 Å². The lowest BCUT2D eigenvalue weighted by atomic mass is 9.82.